The molecule has 0 spiro atoms. The number of hydrogen-bond acceptors (Lipinski definition) is 3. The van der Waals surface area contributed by atoms with Gasteiger partial charge in [-0.3, -0.25) is 9.52 Å². The predicted octanol–water partition coefficient (Wildman–Crippen LogP) is 8.79. The van der Waals surface area contributed by atoms with Gasteiger partial charge in [-0.05, 0) is 139 Å². The second-order valence-corrected chi connectivity index (χ2v) is 18.4. The fraction of sp³-hybridized carbons (Fsp3) is 0.703. The van der Waals surface area contributed by atoms with Gasteiger partial charge in [0.15, 0.2) is 0 Å². The van der Waals surface area contributed by atoms with Gasteiger partial charge in [0.1, 0.15) is 0 Å². The summed E-state index contributed by atoms with van der Waals surface area (Å²) in [6.07, 6.45) is 12.9. The van der Waals surface area contributed by atoms with Crippen LogP contribution in [0, 0.1) is 56.7 Å². The molecule has 4 fully saturated rings. The summed E-state index contributed by atoms with van der Waals surface area (Å²) in [5, 5.41) is 10.6. The van der Waals surface area contributed by atoms with Gasteiger partial charge in [0.25, 0.3) is 0 Å². The van der Waals surface area contributed by atoms with Gasteiger partial charge in [-0.25, -0.2) is 8.42 Å². The molecule has 5 aliphatic rings. The molecule has 5 nitrogen and oxygen atoms in total. The Labute approximate surface area is 260 Å². The molecule has 0 amide bonds. The Hall–Kier alpha value is -2.08. The first-order valence-electron chi connectivity index (χ1n) is 16.6. The molecule has 6 heteroatoms. The van der Waals surface area contributed by atoms with Crippen molar-refractivity contribution in [2.75, 3.05) is 11.0 Å². The number of hydrogen-bond donors (Lipinski definition) is 2. The Morgan fingerprint density at radius 1 is 0.953 bits per heavy atom. The second kappa shape index (κ2) is 9.71. The van der Waals surface area contributed by atoms with Crippen LogP contribution in [0.4, 0.5) is 5.69 Å². The van der Waals surface area contributed by atoms with Crippen LogP contribution in [0.2, 0.25) is 0 Å². The van der Waals surface area contributed by atoms with Gasteiger partial charge in [0, 0.05) is 5.69 Å². The van der Waals surface area contributed by atoms with Crippen LogP contribution in [0.5, 0.6) is 0 Å². The number of nitrogens with one attached hydrogen (secondary N) is 1. The van der Waals surface area contributed by atoms with E-state index < -0.39 is 21.4 Å². The van der Waals surface area contributed by atoms with Crippen LogP contribution in [0.1, 0.15) is 105 Å². The highest BCUT2D eigenvalue weighted by atomic mass is 32.2. The summed E-state index contributed by atoms with van der Waals surface area (Å²) in [5.41, 5.74) is 4.02. The molecule has 1 aromatic carbocycles. The Balaban J connectivity index is 1.37. The number of benzene rings is 1. The van der Waals surface area contributed by atoms with Gasteiger partial charge in [0.05, 0.1) is 11.7 Å². The van der Waals surface area contributed by atoms with Crippen LogP contribution < -0.4 is 4.72 Å². The van der Waals surface area contributed by atoms with Gasteiger partial charge in [-0.2, -0.15) is 0 Å². The van der Waals surface area contributed by atoms with Crippen molar-refractivity contribution in [2.24, 2.45) is 56.7 Å². The Kier molecular flexibility index (Phi) is 6.98. The largest absolute Gasteiger partial charge is 0.481 e. The van der Waals surface area contributed by atoms with E-state index in [1.54, 1.807) is 0 Å². The van der Waals surface area contributed by atoms with Crippen molar-refractivity contribution in [1.82, 2.24) is 0 Å². The SMILES string of the molecule is C=C(C)C1CC[C@]2(C(=O)O)CC[C@]3(C)[C@H](CC[C@@H]4[C@@]5(C)CC=C(c6cccc(NS(C)(=O)=O)c6)C(C)(C)[C@@H]5CC[C@]43C)[C@@H]12. The molecule has 2 N–H and O–H groups in total. The standard InChI is InChI=1S/C37H53NO4S/c1-23(2)26-14-19-37(32(39)40)21-20-35(6)28(31(26)37)12-13-30-34(5)17-15-27(33(3,4)29(34)16-18-36(30,35)7)24-10-9-11-25(22-24)38-43(8,41)42/h9-11,15,22,26,28-31,38H,1,12-14,16-21H2,2-8H3,(H,39,40)/t26?,28-,29+,30-,31-,34+,35-,36-,37+/m1/s1. The molecule has 0 radical (unpaired) electrons. The van der Waals surface area contributed by atoms with E-state index in [9.17, 15) is 18.3 Å². The minimum Gasteiger partial charge on any atom is -0.481 e. The van der Waals surface area contributed by atoms with Gasteiger partial charge in [0.2, 0.25) is 10.0 Å². The molecule has 0 saturated heterocycles. The lowest BCUT2D eigenvalue weighted by Gasteiger charge is -2.72. The zero-order valence-electron chi connectivity index (χ0n) is 27.4. The lowest BCUT2D eigenvalue weighted by molar-refractivity contribution is -0.227. The molecule has 0 aromatic heterocycles. The number of carboxylic acids is 1. The summed E-state index contributed by atoms with van der Waals surface area (Å²) < 4.78 is 26.5. The fourth-order valence-corrected chi connectivity index (χ4v) is 13.1. The normalized spacial score (nSPS) is 43.3. The van der Waals surface area contributed by atoms with Crippen molar-refractivity contribution in [2.45, 2.75) is 99.3 Å². The van der Waals surface area contributed by atoms with Crippen LogP contribution in [-0.2, 0) is 14.8 Å². The summed E-state index contributed by atoms with van der Waals surface area (Å²) in [6.45, 7) is 19.0. The first kappa shape index (κ1) is 30.9. The van der Waals surface area contributed by atoms with E-state index >= 15 is 0 Å². The first-order valence-corrected chi connectivity index (χ1v) is 18.5. The minimum absolute atomic E-state index is 0.0582. The molecular formula is C37H53NO4S. The average Bonchev–Trinajstić information content (AvgIpc) is 3.29. The topological polar surface area (TPSA) is 83.5 Å². The summed E-state index contributed by atoms with van der Waals surface area (Å²) >= 11 is 0. The van der Waals surface area contributed by atoms with Crippen LogP contribution >= 0.6 is 0 Å². The monoisotopic (exact) mass is 607 g/mol. The third-order valence-electron chi connectivity index (χ3n) is 14.5. The summed E-state index contributed by atoms with van der Waals surface area (Å²) in [5.74, 6) is 1.48. The highest BCUT2D eigenvalue weighted by molar-refractivity contribution is 7.92. The zero-order chi connectivity index (χ0) is 31.4. The van der Waals surface area contributed by atoms with E-state index in [-0.39, 0.29) is 27.6 Å². The summed E-state index contributed by atoms with van der Waals surface area (Å²) in [7, 11) is -3.35. The van der Waals surface area contributed by atoms with E-state index in [1.807, 2.05) is 18.2 Å². The molecule has 4 saturated carbocycles. The maximum absolute atomic E-state index is 12.9. The van der Waals surface area contributed by atoms with E-state index in [2.05, 4.69) is 65.0 Å². The Morgan fingerprint density at radius 3 is 2.33 bits per heavy atom. The van der Waals surface area contributed by atoms with E-state index in [0.717, 1.165) is 50.5 Å². The highest BCUT2D eigenvalue weighted by Crippen LogP contribution is 2.77. The van der Waals surface area contributed by atoms with Crippen molar-refractivity contribution in [1.29, 1.82) is 0 Å². The third-order valence-corrected chi connectivity index (χ3v) is 15.2. The highest BCUT2D eigenvalue weighted by Gasteiger charge is 2.71. The first-order chi connectivity index (χ1) is 19.9. The number of sulfonamides is 1. The Bertz CT molecular complexity index is 1490. The average molecular weight is 608 g/mol. The molecule has 0 aliphatic heterocycles. The maximum Gasteiger partial charge on any atom is 0.309 e. The van der Waals surface area contributed by atoms with Crippen molar-refractivity contribution >= 4 is 27.3 Å². The molecular weight excluding hydrogens is 554 g/mol. The molecule has 5 aliphatic carbocycles. The predicted molar refractivity (Wildman–Crippen MR) is 175 cm³/mol. The minimum atomic E-state index is -3.35. The summed E-state index contributed by atoms with van der Waals surface area (Å²) in [4.78, 5) is 12.9. The van der Waals surface area contributed by atoms with E-state index in [0.29, 0.717) is 29.4 Å². The lowest BCUT2D eigenvalue weighted by Crippen LogP contribution is -2.65. The number of rotatable bonds is 5. The number of carboxylic acid groups (broad SMARTS) is 1. The molecule has 1 aromatic rings. The van der Waals surface area contributed by atoms with Crippen molar-refractivity contribution < 1.29 is 18.3 Å². The van der Waals surface area contributed by atoms with Gasteiger partial charge in [-0.15, -0.1) is 0 Å². The van der Waals surface area contributed by atoms with Crippen LogP contribution in [0.15, 0.2) is 42.5 Å². The molecule has 6 rings (SSSR count). The van der Waals surface area contributed by atoms with Gasteiger partial charge >= 0.3 is 5.97 Å². The molecule has 9 atom stereocenters. The number of allylic oxidation sites excluding steroid dienone is 3. The number of anilines is 1. The number of aliphatic carboxylic acids is 1. The lowest BCUT2D eigenvalue weighted by atomic mass is 9.32. The quantitative estimate of drug-likeness (QED) is 0.328. The van der Waals surface area contributed by atoms with Gasteiger partial charge in [-0.1, -0.05) is 65.0 Å². The Morgan fingerprint density at radius 2 is 1.67 bits per heavy atom. The molecule has 0 bridgehead atoms. The molecule has 1 unspecified atom stereocenters. The number of fused-ring (bicyclic) bond motifs is 7. The summed E-state index contributed by atoms with van der Waals surface area (Å²) in [6, 6.07) is 7.89. The third kappa shape index (κ3) is 4.27. The van der Waals surface area contributed by atoms with Crippen LogP contribution in [-0.4, -0.2) is 25.7 Å². The second-order valence-electron chi connectivity index (χ2n) is 16.6. The number of carbonyl (C=O) groups is 1. The molecule has 0 heterocycles. The van der Waals surface area contributed by atoms with Crippen molar-refractivity contribution in [3.8, 4) is 0 Å². The van der Waals surface area contributed by atoms with Crippen molar-refractivity contribution in [3.05, 3.63) is 48.1 Å². The van der Waals surface area contributed by atoms with Crippen molar-refractivity contribution in [3.63, 3.8) is 0 Å². The van der Waals surface area contributed by atoms with E-state index in [4.69, 9.17) is 0 Å². The fourth-order valence-electron chi connectivity index (χ4n) is 12.6. The zero-order valence-corrected chi connectivity index (χ0v) is 28.2. The van der Waals surface area contributed by atoms with Gasteiger partial charge < -0.3 is 5.11 Å². The van der Waals surface area contributed by atoms with Crippen LogP contribution in [0.25, 0.3) is 5.57 Å². The molecule has 43 heavy (non-hydrogen) atoms. The maximum atomic E-state index is 12.9. The van der Waals surface area contributed by atoms with E-state index in [1.165, 1.54) is 30.2 Å². The molecule has 236 valence electrons. The smallest absolute Gasteiger partial charge is 0.309 e. The van der Waals surface area contributed by atoms with Crippen LogP contribution in [0.3, 0.4) is 0 Å².